The van der Waals surface area contributed by atoms with E-state index >= 15 is 0 Å². The molecule has 0 aromatic heterocycles. The Morgan fingerprint density at radius 3 is 0.926 bits per heavy atom. The van der Waals surface area contributed by atoms with Crippen LogP contribution in [-0.4, -0.2) is 23.7 Å². The summed E-state index contributed by atoms with van der Waals surface area (Å²) in [6, 6.07) is 0. The molecule has 0 aromatic rings. The molecular weight excluding hydrogens is 665 g/mol. The van der Waals surface area contributed by atoms with Gasteiger partial charge in [-0.3, -0.25) is 9.59 Å². The number of hydrogen-bond acceptors (Lipinski definition) is 3. The van der Waals surface area contributed by atoms with Crippen molar-refractivity contribution in [2.45, 2.75) is 289 Å². The Hall–Kier alpha value is -1.32. The number of carbonyl (C=O) groups is 2. The van der Waals surface area contributed by atoms with Gasteiger partial charge in [-0.05, 0) is 44.9 Å². The molecule has 0 spiro atoms. The van der Waals surface area contributed by atoms with Crippen molar-refractivity contribution in [3.8, 4) is 0 Å². The van der Waals surface area contributed by atoms with Gasteiger partial charge in [0.15, 0.2) is 0 Å². The summed E-state index contributed by atoms with van der Waals surface area (Å²) in [7, 11) is 0. The summed E-state index contributed by atoms with van der Waals surface area (Å²) in [5.74, 6) is -0.634. The largest absolute Gasteiger partial charge is 0.481 e. The standard InChI is InChI=1S/C50H96O4/c1-2-3-4-5-6-7-8-9-10-22-26-29-32-35-38-41-44-47-50(53)54-48-45-42-39-36-33-30-27-24-21-19-17-15-13-11-12-14-16-18-20-23-25-28-31-34-37-40-43-46-49(51)52/h7-8H,2-6,9-48H2,1H3,(H,51,52). The van der Waals surface area contributed by atoms with E-state index in [1.165, 1.54) is 244 Å². The molecule has 0 aliphatic rings. The number of ether oxygens (including phenoxy) is 1. The second-order valence-electron chi connectivity index (χ2n) is 17.0. The number of hydrogen-bond donors (Lipinski definition) is 1. The minimum absolute atomic E-state index is 0.0193. The Labute approximate surface area is 338 Å². The summed E-state index contributed by atoms with van der Waals surface area (Å²) in [6.45, 7) is 2.90. The summed E-state index contributed by atoms with van der Waals surface area (Å²) < 4.78 is 5.48. The van der Waals surface area contributed by atoms with Crippen LogP contribution in [0.2, 0.25) is 0 Å². The van der Waals surface area contributed by atoms with Crippen molar-refractivity contribution in [2.24, 2.45) is 0 Å². The molecule has 320 valence electrons. The van der Waals surface area contributed by atoms with Crippen LogP contribution >= 0.6 is 0 Å². The second-order valence-corrected chi connectivity index (χ2v) is 17.0. The Bertz CT molecular complexity index is 762. The molecule has 0 saturated heterocycles. The Kier molecular flexibility index (Phi) is 46.7. The number of unbranched alkanes of at least 4 members (excludes halogenated alkanes) is 39. The molecule has 0 atom stereocenters. The highest BCUT2D eigenvalue weighted by Crippen LogP contribution is 2.17. The van der Waals surface area contributed by atoms with E-state index in [9.17, 15) is 9.59 Å². The fourth-order valence-electron chi connectivity index (χ4n) is 7.75. The highest BCUT2D eigenvalue weighted by atomic mass is 16.5. The van der Waals surface area contributed by atoms with Crippen molar-refractivity contribution in [3.05, 3.63) is 12.2 Å². The lowest BCUT2D eigenvalue weighted by molar-refractivity contribution is -0.144. The van der Waals surface area contributed by atoms with Gasteiger partial charge in [0.25, 0.3) is 0 Å². The number of carboxylic acid groups (broad SMARTS) is 1. The van der Waals surface area contributed by atoms with Crippen LogP contribution in [0.1, 0.15) is 289 Å². The van der Waals surface area contributed by atoms with Gasteiger partial charge in [-0.25, -0.2) is 0 Å². The van der Waals surface area contributed by atoms with Crippen LogP contribution in [0.5, 0.6) is 0 Å². The van der Waals surface area contributed by atoms with E-state index < -0.39 is 5.97 Å². The second kappa shape index (κ2) is 47.8. The van der Waals surface area contributed by atoms with Gasteiger partial charge in [0.1, 0.15) is 0 Å². The fraction of sp³-hybridized carbons (Fsp3) is 0.920. The highest BCUT2D eigenvalue weighted by molar-refractivity contribution is 5.69. The average molecular weight is 761 g/mol. The molecule has 0 aromatic carbocycles. The maximum absolute atomic E-state index is 12.0. The normalized spacial score (nSPS) is 11.6. The zero-order valence-corrected chi connectivity index (χ0v) is 36.6. The molecule has 0 aliphatic carbocycles. The van der Waals surface area contributed by atoms with Gasteiger partial charge in [-0.15, -0.1) is 0 Å². The minimum atomic E-state index is -0.654. The predicted molar refractivity (Wildman–Crippen MR) is 237 cm³/mol. The van der Waals surface area contributed by atoms with E-state index in [-0.39, 0.29) is 5.97 Å². The van der Waals surface area contributed by atoms with Gasteiger partial charge < -0.3 is 9.84 Å². The number of rotatable bonds is 47. The zero-order chi connectivity index (χ0) is 39.1. The van der Waals surface area contributed by atoms with Crippen LogP contribution in [-0.2, 0) is 14.3 Å². The fourth-order valence-corrected chi connectivity index (χ4v) is 7.75. The van der Waals surface area contributed by atoms with Crippen molar-refractivity contribution < 1.29 is 19.4 Å². The van der Waals surface area contributed by atoms with Crippen molar-refractivity contribution in [1.82, 2.24) is 0 Å². The Balaban J connectivity index is 3.15. The van der Waals surface area contributed by atoms with E-state index in [1.54, 1.807) is 0 Å². The summed E-state index contributed by atoms with van der Waals surface area (Å²) in [4.78, 5) is 22.5. The third kappa shape index (κ3) is 48.7. The van der Waals surface area contributed by atoms with Crippen LogP contribution < -0.4 is 0 Å². The quantitative estimate of drug-likeness (QED) is 0.0381. The molecule has 4 nitrogen and oxygen atoms in total. The van der Waals surface area contributed by atoms with Crippen molar-refractivity contribution in [3.63, 3.8) is 0 Å². The van der Waals surface area contributed by atoms with E-state index in [1.807, 2.05) is 0 Å². The smallest absolute Gasteiger partial charge is 0.305 e. The third-order valence-corrected chi connectivity index (χ3v) is 11.4. The SMILES string of the molecule is CCCCCCC=CCCCCCCCCCCCC(=O)OCCCCCCCCCCCCCCCCCCCCCCCCCCCCCC(=O)O. The van der Waals surface area contributed by atoms with Crippen molar-refractivity contribution in [2.75, 3.05) is 6.61 Å². The van der Waals surface area contributed by atoms with Gasteiger partial charge in [-0.2, -0.15) is 0 Å². The van der Waals surface area contributed by atoms with Gasteiger partial charge in [-0.1, -0.05) is 244 Å². The zero-order valence-electron chi connectivity index (χ0n) is 36.6. The monoisotopic (exact) mass is 761 g/mol. The molecule has 0 radical (unpaired) electrons. The van der Waals surface area contributed by atoms with Crippen LogP contribution in [0.25, 0.3) is 0 Å². The number of carbonyl (C=O) groups excluding carboxylic acids is 1. The van der Waals surface area contributed by atoms with E-state index in [0.717, 1.165) is 25.7 Å². The van der Waals surface area contributed by atoms with Crippen molar-refractivity contribution in [1.29, 1.82) is 0 Å². The van der Waals surface area contributed by atoms with Crippen LogP contribution in [0.3, 0.4) is 0 Å². The molecule has 54 heavy (non-hydrogen) atoms. The van der Waals surface area contributed by atoms with E-state index in [2.05, 4.69) is 19.1 Å². The van der Waals surface area contributed by atoms with Crippen molar-refractivity contribution >= 4 is 11.9 Å². The summed E-state index contributed by atoms with van der Waals surface area (Å²) in [5, 5.41) is 8.66. The lowest BCUT2D eigenvalue weighted by Gasteiger charge is -2.06. The van der Waals surface area contributed by atoms with Crippen LogP contribution in [0.4, 0.5) is 0 Å². The third-order valence-electron chi connectivity index (χ3n) is 11.4. The minimum Gasteiger partial charge on any atom is -0.481 e. The number of allylic oxidation sites excluding steroid dienone is 2. The maximum atomic E-state index is 12.0. The summed E-state index contributed by atoms with van der Waals surface area (Å²) in [5.41, 5.74) is 0. The maximum Gasteiger partial charge on any atom is 0.305 e. The first kappa shape index (κ1) is 52.7. The number of aliphatic carboxylic acids is 1. The summed E-state index contributed by atoms with van der Waals surface area (Å²) in [6.07, 6.45) is 61.4. The van der Waals surface area contributed by atoms with Gasteiger partial charge in [0.05, 0.1) is 6.61 Å². The molecule has 4 heteroatoms. The van der Waals surface area contributed by atoms with E-state index in [4.69, 9.17) is 9.84 Å². The highest BCUT2D eigenvalue weighted by Gasteiger charge is 2.03. The first-order valence-electron chi connectivity index (χ1n) is 24.7. The molecule has 0 bridgehead atoms. The molecule has 1 N–H and O–H groups in total. The number of carboxylic acids is 1. The summed E-state index contributed by atoms with van der Waals surface area (Å²) >= 11 is 0. The lowest BCUT2D eigenvalue weighted by Crippen LogP contribution is -2.05. The molecule has 0 saturated carbocycles. The molecule has 0 aliphatic heterocycles. The Morgan fingerprint density at radius 1 is 0.352 bits per heavy atom. The molecule has 0 amide bonds. The topological polar surface area (TPSA) is 63.6 Å². The molecule has 0 heterocycles. The van der Waals surface area contributed by atoms with E-state index in [0.29, 0.717) is 19.4 Å². The molecule has 0 rings (SSSR count). The van der Waals surface area contributed by atoms with Crippen LogP contribution in [0, 0.1) is 0 Å². The van der Waals surface area contributed by atoms with Gasteiger partial charge >= 0.3 is 11.9 Å². The first-order valence-corrected chi connectivity index (χ1v) is 24.7. The molecule has 0 fully saturated rings. The van der Waals surface area contributed by atoms with Gasteiger partial charge in [0.2, 0.25) is 0 Å². The average Bonchev–Trinajstić information content (AvgIpc) is 3.16. The van der Waals surface area contributed by atoms with Gasteiger partial charge in [0, 0.05) is 12.8 Å². The molecule has 0 unspecified atom stereocenters. The first-order chi connectivity index (χ1) is 26.7. The Morgan fingerprint density at radius 2 is 0.611 bits per heavy atom. The number of esters is 1. The lowest BCUT2D eigenvalue weighted by atomic mass is 10.0. The predicted octanol–water partition coefficient (Wildman–Crippen LogP) is 17.4. The van der Waals surface area contributed by atoms with Crippen LogP contribution in [0.15, 0.2) is 12.2 Å². The molecular formula is C50H96O4.